The Bertz CT molecular complexity index is 629. The summed E-state index contributed by atoms with van der Waals surface area (Å²) in [7, 11) is 0. The van der Waals surface area contributed by atoms with Gasteiger partial charge in [-0.05, 0) is 18.1 Å². The average molecular weight is 284 g/mol. The van der Waals surface area contributed by atoms with Gasteiger partial charge in [0.25, 0.3) is 5.56 Å². The summed E-state index contributed by atoms with van der Waals surface area (Å²) in [6, 6.07) is 14.5. The van der Waals surface area contributed by atoms with E-state index in [4.69, 9.17) is 0 Å². The summed E-state index contributed by atoms with van der Waals surface area (Å²) in [5, 5.41) is 3.32. The highest BCUT2D eigenvalue weighted by Gasteiger charge is 2.10. The van der Waals surface area contributed by atoms with Crippen molar-refractivity contribution in [2.75, 3.05) is 0 Å². The van der Waals surface area contributed by atoms with Crippen LogP contribution in [0.3, 0.4) is 0 Å². The van der Waals surface area contributed by atoms with Gasteiger partial charge >= 0.3 is 0 Å². The summed E-state index contributed by atoms with van der Waals surface area (Å²) in [5.41, 5.74) is 3.03. The van der Waals surface area contributed by atoms with E-state index < -0.39 is 0 Å². The van der Waals surface area contributed by atoms with E-state index in [0.29, 0.717) is 12.6 Å². The molecule has 2 rings (SSSR count). The molecule has 0 saturated heterocycles. The van der Waals surface area contributed by atoms with Gasteiger partial charge in [-0.3, -0.25) is 4.79 Å². The van der Waals surface area contributed by atoms with E-state index in [1.54, 1.807) is 0 Å². The zero-order chi connectivity index (χ0) is 15.2. The highest BCUT2D eigenvalue weighted by Crippen LogP contribution is 2.18. The Balaban J connectivity index is 2.43. The number of rotatable bonds is 6. The first kappa shape index (κ1) is 15.5. The quantitative estimate of drug-likeness (QED) is 0.882. The lowest BCUT2D eigenvalue weighted by Crippen LogP contribution is -2.30. The molecule has 1 heterocycles. The van der Waals surface area contributed by atoms with Gasteiger partial charge < -0.3 is 9.88 Å². The van der Waals surface area contributed by atoms with E-state index in [-0.39, 0.29) is 5.56 Å². The highest BCUT2D eigenvalue weighted by molar-refractivity contribution is 5.59. The van der Waals surface area contributed by atoms with Gasteiger partial charge in [0, 0.05) is 24.7 Å². The maximum atomic E-state index is 12.7. The van der Waals surface area contributed by atoms with E-state index in [9.17, 15) is 4.79 Å². The average Bonchev–Trinajstić information content (AvgIpc) is 2.49. The van der Waals surface area contributed by atoms with Crippen LogP contribution in [0.25, 0.3) is 11.3 Å². The van der Waals surface area contributed by atoms with Crippen molar-refractivity contribution in [3.05, 3.63) is 58.4 Å². The summed E-state index contributed by atoms with van der Waals surface area (Å²) in [5.74, 6) is 0. The van der Waals surface area contributed by atoms with E-state index in [0.717, 1.165) is 29.8 Å². The number of benzene rings is 1. The Kier molecular flexibility index (Phi) is 5.34. The van der Waals surface area contributed by atoms with Gasteiger partial charge in [-0.15, -0.1) is 0 Å². The van der Waals surface area contributed by atoms with Crippen molar-refractivity contribution < 1.29 is 0 Å². The molecule has 1 aromatic carbocycles. The van der Waals surface area contributed by atoms with Gasteiger partial charge in [0.05, 0.1) is 5.69 Å². The monoisotopic (exact) mass is 284 g/mol. The van der Waals surface area contributed by atoms with Crippen molar-refractivity contribution in [2.24, 2.45) is 0 Å². The predicted molar refractivity (Wildman–Crippen MR) is 88.4 cm³/mol. The fraction of sp³-hybridized carbons (Fsp3) is 0.389. The van der Waals surface area contributed by atoms with E-state index in [1.807, 2.05) is 41.0 Å². The first-order chi connectivity index (χ1) is 10.1. The molecule has 0 saturated carbocycles. The third-order valence-corrected chi connectivity index (χ3v) is 3.47. The molecular formula is C18H24N2O. The van der Waals surface area contributed by atoms with Crippen molar-refractivity contribution in [3.8, 4) is 11.3 Å². The van der Waals surface area contributed by atoms with Crippen LogP contribution >= 0.6 is 0 Å². The topological polar surface area (TPSA) is 34.0 Å². The lowest BCUT2D eigenvalue weighted by Gasteiger charge is -2.15. The van der Waals surface area contributed by atoms with Gasteiger partial charge in [-0.25, -0.2) is 0 Å². The third-order valence-electron chi connectivity index (χ3n) is 3.47. The molecule has 0 aliphatic rings. The van der Waals surface area contributed by atoms with Crippen molar-refractivity contribution in [1.82, 2.24) is 9.88 Å². The summed E-state index contributed by atoms with van der Waals surface area (Å²) in [6.45, 7) is 7.64. The second-order valence-corrected chi connectivity index (χ2v) is 5.60. The van der Waals surface area contributed by atoms with E-state index in [1.165, 1.54) is 0 Å². The summed E-state index contributed by atoms with van der Waals surface area (Å²) in [6.07, 6.45) is 0.945. The Hall–Kier alpha value is -1.87. The Labute approximate surface area is 126 Å². The van der Waals surface area contributed by atoms with Crippen LogP contribution in [0.1, 0.15) is 32.8 Å². The van der Waals surface area contributed by atoms with Crippen LogP contribution < -0.4 is 10.9 Å². The van der Waals surface area contributed by atoms with Crippen LogP contribution in [0.4, 0.5) is 0 Å². The number of hydrogen-bond donors (Lipinski definition) is 1. The molecule has 21 heavy (non-hydrogen) atoms. The number of nitrogens with one attached hydrogen (secondary N) is 1. The third kappa shape index (κ3) is 3.82. The molecule has 1 N–H and O–H groups in total. The molecule has 0 bridgehead atoms. The Morgan fingerprint density at radius 1 is 1.10 bits per heavy atom. The van der Waals surface area contributed by atoms with Gasteiger partial charge in [0.1, 0.15) is 0 Å². The second-order valence-electron chi connectivity index (χ2n) is 5.60. The number of pyridine rings is 1. The SMILES string of the molecule is CCCn1c(-c2ccccc2)ccc(CNC(C)C)c1=O. The first-order valence-electron chi connectivity index (χ1n) is 7.65. The molecule has 0 unspecified atom stereocenters. The fourth-order valence-electron chi connectivity index (χ4n) is 2.38. The van der Waals surface area contributed by atoms with Crippen molar-refractivity contribution >= 4 is 0 Å². The van der Waals surface area contributed by atoms with Crippen LogP contribution in [0, 0.1) is 0 Å². The molecule has 2 aromatic rings. The number of aromatic nitrogens is 1. The molecule has 0 aliphatic heterocycles. The lowest BCUT2D eigenvalue weighted by molar-refractivity contribution is 0.576. The zero-order valence-corrected chi connectivity index (χ0v) is 13.1. The van der Waals surface area contributed by atoms with Crippen molar-refractivity contribution in [3.63, 3.8) is 0 Å². The maximum Gasteiger partial charge on any atom is 0.255 e. The molecule has 3 heteroatoms. The zero-order valence-electron chi connectivity index (χ0n) is 13.1. The normalized spacial score (nSPS) is 11.0. The molecule has 0 amide bonds. The number of nitrogens with zero attached hydrogens (tertiary/aromatic N) is 1. The lowest BCUT2D eigenvalue weighted by atomic mass is 10.1. The second kappa shape index (κ2) is 7.23. The molecule has 0 radical (unpaired) electrons. The molecule has 0 atom stereocenters. The molecule has 1 aromatic heterocycles. The van der Waals surface area contributed by atoms with Gasteiger partial charge in [-0.2, -0.15) is 0 Å². The first-order valence-corrected chi connectivity index (χ1v) is 7.65. The molecule has 0 spiro atoms. The van der Waals surface area contributed by atoms with Gasteiger partial charge in [0.2, 0.25) is 0 Å². The smallest absolute Gasteiger partial charge is 0.255 e. The van der Waals surface area contributed by atoms with E-state index >= 15 is 0 Å². The molecule has 112 valence electrons. The standard InChI is InChI=1S/C18H24N2O/c1-4-12-20-17(15-8-6-5-7-9-15)11-10-16(18(20)21)13-19-14(2)3/h5-11,14,19H,4,12-13H2,1-3H3. The Morgan fingerprint density at radius 3 is 2.43 bits per heavy atom. The maximum absolute atomic E-state index is 12.7. The minimum absolute atomic E-state index is 0.117. The van der Waals surface area contributed by atoms with Crippen LogP contribution in [-0.4, -0.2) is 10.6 Å². The minimum atomic E-state index is 0.117. The molecule has 3 nitrogen and oxygen atoms in total. The van der Waals surface area contributed by atoms with E-state index in [2.05, 4.69) is 32.2 Å². The fourth-order valence-corrected chi connectivity index (χ4v) is 2.38. The summed E-state index contributed by atoms with van der Waals surface area (Å²) >= 11 is 0. The number of hydrogen-bond acceptors (Lipinski definition) is 2. The predicted octanol–water partition coefficient (Wildman–Crippen LogP) is 3.42. The highest BCUT2D eigenvalue weighted by atomic mass is 16.1. The Morgan fingerprint density at radius 2 is 1.81 bits per heavy atom. The van der Waals surface area contributed by atoms with Crippen LogP contribution in [0.5, 0.6) is 0 Å². The van der Waals surface area contributed by atoms with Crippen LogP contribution in [0.15, 0.2) is 47.3 Å². The summed E-state index contributed by atoms with van der Waals surface area (Å²) in [4.78, 5) is 12.7. The van der Waals surface area contributed by atoms with Crippen LogP contribution in [0.2, 0.25) is 0 Å². The van der Waals surface area contributed by atoms with Crippen molar-refractivity contribution in [1.29, 1.82) is 0 Å². The largest absolute Gasteiger partial charge is 0.310 e. The molecule has 0 aliphatic carbocycles. The van der Waals surface area contributed by atoms with Crippen LogP contribution in [-0.2, 0) is 13.1 Å². The minimum Gasteiger partial charge on any atom is -0.310 e. The van der Waals surface area contributed by atoms with Gasteiger partial charge in [-0.1, -0.05) is 57.2 Å². The molecular weight excluding hydrogens is 260 g/mol. The summed E-state index contributed by atoms with van der Waals surface area (Å²) < 4.78 is 1.90. The van der Waals surface area contributed by atoms with Crippen molar-refractivity contribution in [2.45, 2.75) is 46.3 Å². The molecule has 0 fully saturated rings. The van der Waals surface area contributed by atoms with Gasteiger partial charge in [0.15, 0.2) is 0 Å².